The number of halogens is 2. The van der Waals surface area contributed by atoms with E-state index in [0.717, 1.165) is 15.9 Å². The Bertz CT molecular complexity index is 715. The van der Waals surface area contributed by atoms with Crippen molar-refractivity contribution in [3.05, 3.63) is 39.1 Å². The Balaban J connectivity index is 2.09. The van der Waals surface area contributed by atoms with E-state index < -0.39 is 0 Å². The molecule has 2 rings (SSSR count). The Morgan fingerprint density at radius 3 is 2.77 bits per heavy atom. The Kier molecular flexibility index (Phi) is 5.13. The SMILES string of the molecule is Cc1nn(C[C@@H](C)C(=O)Nc2cc(Cl)ccc2O)c(C)c1Br. The number of anilines is 1. The van der Waals surface area contributed by atoms with Gasteiger partial charge in [0.1, 0.15) is 5.75 Å². The number of amides is 1. The monoisotopic (exact) mass is 385 g/mol. The van der Waals surface area contributed by atoms with Crippen molar-refractivity contribution in [2.45, 2.75) is 27.3 Å². The number of carbonyl (C=O) groups excluding carboxylic acids is 1. The number of phenols is 1. The highest BCUT2D eigenvalue weighted by Gasteiger charge is 2.18. The first-order chi connectivity index (χ1) is 10.3. The van der Waals surface area contributed by atoms with Crippen LogP contribution in [0.4, 0.5) is 5.69 Å². The molecule has 0 aliphatic carbocycles. The zero-order valence-electron chi connectivity index (χ0n) is 12.5. The molecule has 1 heterocycles. The van der Waals surface area contributed by atoms with Gasteiger partial charge in [0.25, 0.3) is 0 Å². The molecule has 0 bridgehead atoms. The van der Waals surface area contributed by atoms with Crippen LogP contribution in [-0.4, -0.2) is 20.8 Å². The van der Waals surface area contributed by atoms with Crippen LogP contribution in [0.25, 0.3) is 0 Å². The van der Waals surface area contributed by atoms with E-state index >= 15 is 0 Å². The van der Waals surface area contributed by atoms with Gasteiger partial charge in [0.05, 0.1) is 28.3 Å². The minimum Gasteiger partial charge on any atom is -0.506 e. The van der Waals surface area contributed by atoms with Gasteiger partial charge < -0.3 is 10.4 Å². The lowest BCUT2D eigenvalue weighted by atomic mass is 10.1. The summed E-state index contributed by atoms with van der Waals surface area (Å²) >= 11 is 9.34. The highest BCUT2D eigenvalue weighted by Crippen LogP contribution is 2.27. The van der Waals surface area contributed by atoms with Gasteiger partial charge in [0, 0.05) is 10.7 Å². The van der Waals surface area contributed by atoms with E-state index in [1.807, 2.05) is 13.8 Å². The zero-order valence-corrected chi connectivity index (χ0v) is 14.9. The minimum atomic E-state index is -0.316. The summed E-state index contributed by atoms with van der Waals surface area (Å²) in [5.74, 6) is -0.539. The molecule has 0 aliphatic heterocycles. The number of aryl methyl sites for hydroxylation is 1. The Morgan fingerprint density at radius 2 is 2.18 bits per heavy atom. The Labute approximate surface area is 142 Å². The van der Waals surface area contributed by atoms with Crippen LogP contribution >= 0.6 is 27.5 Å². The molecule has 2 aromatic rings. The molecule has 1 aromatic heterocycles. The van der Waals surface area contributed by atoms with E-state index in [9.17, 15) is 9.90 Å². The van der Waals surface area contributed by atoms with Gasteiger partial charge in [-0.25, -0.2) is 0 Å². The smallest absolute Gasteiger partial charge is 0.229 e. The predicted octanol–water partition coefficient (Wildman–Crippen LogP) is 3.90. The van der Waals surface area contributed by atoms with Crippen molar-refractivity contribution in [1.82, 2.24) is 9.78 Å². The molecule has 1 atom stereocenters. The first-order valence-corrected chi connectivity index (χ1v) is 7.95. The summed E-state index contributed by atoms with van der Waals surface area (Å²) in [5, 5.41) is 17.3. The lowest BCUT2D eigenvalue weighted by Gasteiger charge is -2.14. The van der Waals surface area contributed by atoms with Crippen LogP contribution in [0.5, 0.6) is 5.75 Å². The number of benzene rings is 1. The van der Waals surface area contributed by atoms with Gasteiger partial charge in [-0.1, -0.05) is 18.5 Å². The molecule has 0 saturated heterocycles. The van der Waals surface area contributed by atoms with Gasteiger partial charge in [-0.2, -0.15) is 5.10 Å². The standard InChI is InChI=1S/C15H17BrClN3O2/c1-8(7-20-10(3)14(16)9(2)19-20)15(22)18-12-6-11(17)4-5-13(12)21/h4-6,8,21H,7H2,1-3H3,(H,18,22)/t8-/m1/s1. The third kappa shape index (κ3) is 3.62. The molecule has 0 fully saturated rings. The molecule has 22 heavy (non-hydrogen) atoms. The molecule has 5 nitrogen and oxygen atoms in total. The van der Waals surface area contributed by atoms with Crippen LogP contribution in [0.3, 0.4) is 0 Å². The van der Waals surface area contributed by atoms with E-state index in [1.54, 1.807) is 17.7 Å². The average molecular weight is 387 g/mol. The van der Waals surface area contributed by atoms with E-state index in [2.05, 4.69) is 26.3 Å². The summed E-state index contributed by atoms with van der Waals surface area (Å²) in [6, 6.07) is 4.52. The number of hydrogen-bond acceptors (Lipinski definition) is 3. The number of nitrogens with zero attached hydrogens (tertiary/aromatic N) is 2. The number of rotatable bonds is 4. The summed E-state index contributed by atoms with van der Waals surface area (Å²) in [4.78, 5) is 12.3. The van der Waals surface area contributed by atoms with Crippen molar-refractivity contribution >= 4 is 39.1 Å². The fourth-order valence-electron chi connectivity index (χ4n) is 2.06. The van der Waals surface area contributed by atoms with Gasteiger partial charge in [0.2, 0.25) is 5.91 Å². The number of carbonyl (C=O) groups is 1. The van der Waals surface area contributed by atoms with Crippen molar-refractivity contribution in [3.63, 3.8) is 0 Å². The third-order valence-corrected chi connectivity index (χ3v) is 4.79. The second-order valence-corrected chi connectivity index (χ2v) is 6.45. The summed E-state index contributed by atoms with van der Waals surface area (Å²) in [6.07, 6.45) is 0. The number of aromatic hydroxyl groups is 1. The van der Waals surface area contributed by atoms with E-state index in [-0.39, 0.29) is 17.6 Å². The summed E-state index contributed by atoms with van der Waals surface area (Å²) in [6.45, 7) is 6.10. The van der Waals surface area contributed by atoms with Crippen molar-refractivity contribution in [2.75, 3.05) is 5.32 Å². The third-order valence-electron chi connectivity index (χ3n) is 3.40. The fourth-order valence-corrected chi connectivity index (χ4v) is 2.52. The van der Waals surface area contributed by atoms with Crippen LogP contribution < -0.4 is 5.32 Å². The van der Waals surface area contributed by atoms with E-state index in [0.29, 0.717) is 17.3 Å². The molecular weight excluding hydrogens is 370 g/mol. The van der Waals surface area contributed by atoms with Crippen LogP contribution in [-0.2, 0) is 11.3 Å². The molecule has 0 aliphatic rings. The van der Waals surface area contributed by atoms with Gasteiger partial charge >= 0.3 is 0 Å². The lowest BCUT2D eigenvalue weighted by Crippen LogP contribution is -2.25. The van der Waals surface area contributed by atoms with Crippen molar-refractivity contribution in [1.29, 1.82) is 0 Å². The second-order valence-electron chi connectivity index (χ2n) is 5.22. The average Bonchev–Trinajstić information content (AvgIpc) is 2.70. The fraction of sp³-hybridized carbons (Fsp3) is 0.333. The number of phenolic OH excluding ortho intramolecular Hbond substituents is 1. The minimum absolute atomic E-state index is 0.0150. The first kappa shape index (κ1) is 16.8. The summed E-state index contributed by atoms with van der Waals surface area (Å²) in [7, 11) is 0. The topological polar surface area (TPSA) is 67.2 Å². The maximum atomic E-state index is 12.3. The molecule has 0 spiro atoms. The van der Waals surface area contributed by atoms with Crippen LogP contribution in [0.1, 0.15) is 18.3 Å². The zero-order chi connectivity index (χ0) is 16.4. The highest BCUT2D eigenvalue weighted by molar-refractivity contribution is 9.10. The van der Waals surface area contributed by atoms with Crippen molar-refractivity contribution in [2.24, 2.45) is 5.92 Å². The maximum Gasteiger partial charge on any atom is 0.229 e. The molecule has 7 heteroatoms. The Morgan fingerprint density at radius 1 is 1.50 bits per heavy atom. The molecule has 118 valence electrons. The van der Waals surface area contributed by atoms with Gasteiger partial charge in [-0.3, -0.25) is 9.48 Å². The predicted molar refractivity (Wildman–Crippen MR) is 90.3 cm³/mol. The van der Waals surface area contributed by atoms with E-state index in [1.165, 1.54) is 12.1 Å². The van der Waals surface area contributed by atoms with E-state index in [4.69, 9.17) is 11.6 Å². The molecule has 0 radical (unpaired) electrons. The van der Waals surface area contributed by atoms with Gasteiger partial charge in [0.15, 0.2) is 0 Å². The van der Waals surface area contributed by atoms with Crippen molar-refractivity contribution in [3.8, 4) is 5.75 Å². The van der Waals surface area contributed by atoms with Crippen LogP contribution in [0.2, 0.25) is 5.02 Å². The number of aromatic nitrogens is 2. The van der Waals surface area contributed by atoms with Gasteiger partial charge in [-0.05, 0) is 48.0 Å². The molecule has 0 saturated carbocycles. The Hall–Kier alpha value is -1.53. The molecule has 1 amide bonds. The molecular formula is C15H17BrClN3O2. The summed E-state index contributed by atoms with van der Waals surface area (Å²) < 4.78 is 2.74. The normalized spacial score (nSPS) is 12.2. The largest absolute Gasteiger partial charge is 0.506 e. The van der Waals surface area contributed by atoms with Crippen LogP contribution in [0, 0.1) is 19.8 Å². The second kappa shape index (κ2) is 6.71. The first-order valence-electron chi connectivity index (χ1n) is 6.78. The number of nitrogens with one attached hydrogen (secondary N) is 1. The quantitative estimate of drug-likeness (QED) is 0.783. The van der Waals surface area contributed by atoms with Crippen LogP contribution in [0.15, 0.2) is 22.7 Å². The van der Waals surface area contributed by atoms with Gasteiger partial charge in [-0.15, -0.1) is 0 Å². The van der Waals surface area contributed by atoms with Crippen molar-refractivity contribution < 1.29 is 9.90 Å². The maximum absolute atomic E-state index is 12.3. The molecule has 2 N–H and O–H groups in total. The number of hydrogen-bond donors (Lipinski definition) is 2. The summed E-state index contributed by atoms with van der Waals surface area (Å²) in [5.41, 5.74) is 2.17. The lowest BCUT2D eigenvalue weighted by molar-refractivity contribution is -0.119. The molecule has 0 unspecified atom stereocenters. The highest BCUT2D eigenvalue weighted by atomic mass is 79.9. The molecule has 1 aromatic carbocycles.